The molecule has 0 saturated carbocycles. The Morgan fingerprint density at radius 3 is 2.46 bits per heavy atom. The first-order chi connectivity index (χ1) is 19.9. The van der Waals surface area contributed by atoms with Crippen LogP contribution in [0.25, 0.3) is 11.3 Å². The third kappa shape index (κ3) is 8.53. The number of amides is 1. The first-order valence-electron chi connectivity index (χ1n) is 12.5. The number of nitrogens with one attached hydrogen (secondary N) is 2. The van der Waals surface area contributed by atoms with E-state index in [0.29, 0.717) is 38.7 Å². The van der Waals surface area contributed by atoms with Crippen LogP contribution in [0, 0.1) is 0 Å². The van der Waals surface area contributed by atoms with Gasteiger partial charge >= 0.3 is 5.97 Å². The van der Waals surface area contributed by atoms with Crippen LogP contribution in [0.4, 0.5) is 10.8 Å². The summed E-state index contributed by atoms with van der Waals surface area (Å²) < 4.78 is 16.7. The van der Waals surface area contributed by atoms with Crippen molar-refractivity contribution in [1.82, 2.24) is 10.4 Å². The molecule has 41 heavy (non-hydrogen) atoms. The van der Waals surface area contributed by atoms with Crippen LogP contribution in [0.5, 0.6) is 11.5 Å². The Balaban J connectivity index is 1.37. The quantitative estimate of drug-likeness (QED) is 0.0952. The minimum absolute atomic E-state index is 0.243. The molecular weight excluding hydrogens is 632 g/mol. The van der Waals surface area contributed by atoms with E-state index in [0.717, 1.165) is 22.1 Å². The van der Waals surface area contributed by atoms with Crippen LogP contribution in [-0.4, -0.2) is 42.9 Å². The SMILES string of the molecule is CCOC(=O)COc1cc(Br)c(/C=N\NC(=O)c2ccc(-c3csc(Nc4ccc(Cl)cc4)n3)cc2)cc1OCC. The molecule has 0 bridgehead atoms. The van der Waals surface area contributed by atoms with Crippen LogP contribution in [0.2, 0.25) is 5.02 Å². The fourth-order valence-electron chi connectivity index (χ4n) is 3.51. The van der Waals surface area contributed by atoms with Crippen molar-refractivity contribution in [3.8, 4) is 22.8 Å². The molecule has 0 aliphatic carbocycles. The number of hydrazone groups is 1. The summed E-state index contributed by atoms with van der Waals surface area (Å²) in [4.78, 5) is 28.9. The van der Waals surface area contributed by atoms with Gasteiger partial charge in [0.25, 0.3) is 5.91 Å². The predicted octanol–water partition coefficient (Wildman–Crippen LogP) is 7.07. The fraction of sp³-hybridized carbons (Fsp3) is 0.172. The van der Waals surface area contributed by atoms with E-state index < -0.39 is 5.97 Å². The topological polar surface area (TPSA) is 111 Å². The van der Waals surface area contributed by atoms with Gasteiger partial charge in [-0.2, -0.15) is 5.10 Å². The average Bonchev–Trinajstić information content (AvgIpc) is 3.43. The Morgan fingerprint density at radius 2 is 1.76 bits per heavy atom. The number of esters is 1. The molecule has 0 spiro atoms. The first-order valence-corrected chi connectivity index (χ1v) is 14.6. The van der Waals surface area contributed by atoms with Gasteiger partial charge in [-0.15, -0.1) is 11.3 Å². The zero-order valence-corrected chi connectivity index (χ0v) is 25.3. The minimum atomic E-state index is -0.477. The molecular formula is C29H26BrClN4O5S. The highest BCUT2D eigenvalue weighted by Gasteiger charge is 2.13. The number of thiazole rings is 1. The van der Waals surface area contributed by atoms with Crippen LogP contribution in [0.1, 0.15) is 29.8 Å². The highest BCUT2D eigenvalue weighted by molar-refractivity contribution is 9.10. The number of nitrogens with zero attached hydrogens (tertiary/aromatic N) is 2. The summed E-state index contributed by atoms with van der Waals surface area (Å²) in [6.07, 6.45) is 1.48. The van der Waals surface area contributed by atoms with Gasteiger partial charge in [-0.05, 0) is 78.3 Å². The lowest BCUT2D eigenvalue weighted by atomic mass is 10.1. The molecule has 4 aromatic rings. The molecule has 0 aliphatic rings. The Kier molecular flexibility index (Phi) is 10.7. The maximum Gasteiger partial charge on any atom is 0.344 e. The lowest BCUT2D eigenvalue weighted by Crippen LogP contribution is -2.17. The number of carbonyl (C=O) groups excluding carboxylic acids is 2. The standard InChI is InChI=1S/C29H26BrClN4O5S/c1-3-38-25-13-20(23(30)14-26(25)40-16-27(36)39-4-2)15-32-35-28(37)19-7-5-18(6-8-19)24-17-41-29(34-24)33-22-11-9-21(31)10-12-22/h5-15,17H,3-4,16H2,1-2H3,(H,33,34)(H,35,37)/b32-15-. The minimum Gasteiger partial charge on any atom is -0.490 e. The number of rotatable bonds is 12. The lowest BCUT2D eigenvalue weighted by Gasteiger charge is -2.13. The van der Waals surface area contributed by atoms with E-state index in [1.54, 1.807) is 31.2 Å². The van der Waals surface area contributed by atoms with Crippen LogP contribution in [0.15, 0.2) is 75.6 Å². The number of ether oxygens (including phenoxy) is 3. The summed E-state index contributed by atoms with van der Waals surface area (Å²) in [7, 11) is 0. The number of carbonyl (C=O) groups is 2. The van der Waals surface area contributed by atoms with Gasteiger partial charge < -0.3 is 19.5 Å². The van der Waals surface area contributed by atoms with Crippen molar-refractivity contribution in [3.05, 3.63) is 86.7 Å². The normalized spacial score (nSPS) is 10.8. The van der Waals surface area contributed by atoms with E-state index in [1.807, 2.05) is 48.7 Å². The number of hydrogen-bond acceptors (Lipinski definition) is 9. The van der Waals surface area contributed by atoms with Gasteiger partial charge in [0, 0.05) is 37.3 Å². The van der Waals surface area contributed by atoms with E-state index in [-0.39, 0.29) is 19.1 Å². The zero-order chi connectivity index (χ0) is 29.2. The molecule has 0 atom stereocenters. The summed E-state index contributed by atoms with van der Waals surface area (Å²) in [5, 5.41) is 10.7. The Hall–Kier alpha value is -3.93. The maximum absolute atomic E-state index is 12.7. The molecule has 9 nitrogen and oxygen atoms in total. The predicted molar refractivity (Wildman–Crippen MR) is 165 cm³/mol. The molecule has 0 fully saturated rings. The molecule has 12 heteroatoms. The number of anilines is 2. The summed E-state index contributed by atoms with van der Waals surface area (Å²) in [5.41, 5.74) is 6.17. The van der Waals surface area contributed by atoms with Gasteiger partial charge in [0.1, 0.15) is 0 Å². The van der Waals surface area contributed by atoms with Crippen molar-refractivity contribution < 1.29 is 23.8 Å². The van der Waals surface area contributed by atoms with E-state index in [4.69, 9.17) is 25.8 Å². The van der Waals surface area contributed by atoms with Gasteiger partial charge in [0.15, 0.2) is 23.2 Å². The van der Waals surface area contributed by atoms with Crippen LogP contribution in [0.3, 0.4) is 0 Å². The Bertz CT molecular complexity index is 1530. The molecule has 0 aliphatic heterocycles. The van der Waals surface area contributed by atoms with E-state index >= 15 is 0 Å². The van der Waals surface area contributed by atoms with Gasteiger partial charge in [0.2, 0.25) is 0 Å². The Labute approximate surface area is 254 Å². The highest BCUT2D eigenvalue weighted by Crippen LogP contribution is 2.33. The van der Waals surface area contributed by atoms with Crippen molar-refractivity contribution in [3.63, 3.8) is 0 Å². The molecule has 1 amide bonds. The van der Waals surface area contributed by atoms with Crippen molar-refractivity contribution in [2.45, 2.75) is 13.8 Å². The molecule has 0 unspecified atom stereocenters. The monoisotopic (exact) mass is 656 g/mol. The largest absolute Gasteiger partial charge is 0.490 e. The fourth-order valence-corrected chi connectivity index (χ4v) is 4.80. The summed E-state index contributed by atoms with van der Waals surface area (Å²) in [6.45, 7) is 3.98. The van der Waals surface area contributed by atoms with E-state index in [2.05, 4.69) is 36.8 Å². The molecule has 2 N–H and O–H groups in total. The third-order valence-corrected chi connectivity index (χ3v) is 7.12. The van der Waals surface area contributed by atoms with Crippen molar-refractivity contribution in [1.29, 1.82) is 0 Å². The Morgan fingerprint density at radius 1 is 1.02 bits per heavy atom. The molecule has 0 saturated heterocycles. The first kappa shape index (κ1) is 30.0. The molecule has 212 valence electrons. The third-order valence-electron chi connectivity index (χ3n) is 5.43. The van der Waals surface area contributed by atoms with Crippen LogP contribution < -0.4 is 20.2 Å². The number of benzene rings is 3. The van der Waals surface area contributed by atoms with Crippen molar-refractivity contribution >= 4 is 67.8 Å². The second-order valence-electron chi connectivity index (χ2n) is 8.29. The second-order valence-corrected chi connectivity index (χ2v) is 10.4. The van der Waals surface area contributed by atoms with Gasteiger partial charge in [-0.3, -0.25) is 4.79 Å². The molecule has 4 rings (SSSR count). The lowest BCUT2D eigenvalue weighted by molar-refractivity contribution is -0.145. The van der Waals surface area contributed by atoms with Gasteiger partial charge in [-0.25, -0.2) is 15.2 Å². The molecule has 3 aromatic carbocycles. The maximum atomic E-state index is 12.7. The number of hydrogen-bond donors (Lipinski definition) is 2. The summed E-state index contributed by atoms with van der Waals surface area (Å²) in [6, 6.07) is 17.8. The van der Waals surface area contributed by atoms with Crippen LogP contribution in [-0.2, 0) is 9.53 Å². The molecule has 1 heterocycles. The van der Waals surface area contributed by atoms with E-state index in [9.17, 15) is 9.59 Å². The summed E-state index contributed by atoms with van der Waals surface area (Å²) >= 11 is 10.9. The van der Waals surface area contributed by atoms with E-state index in [1.165, 1.54) is 17.6 Å². The summed E-state index contributed by atoms with van der Waals surface area (Å²) in [5.74, 6) is -0.0420. The van der Waals surface area contributed by atoms with Crippen molar-refractivity contribution in [2.75, 3.05) is 25.1 Å². The van der Waals surface area contributed by atoms with Gasteiger partial charge in [0.05, 0.1) is 25.1 Å². The smallest absolute Gasteiger partial charge is 0.344 e. The average molecular weight is 658 g/mol. The molecule has 0 radical (unpaired) electrons. The van der Waals surface area contributed by atoms with Crippen LogP contribution >= 0.6 is 38.9 Å². The second kappa shape index (κ2) is 14.6. The highest BCUT2D eigenvalue weighted by atomic mass is 79.9. The van der Waals surface area contributed by atoms with Crippen molar-refractivity contribution in [2.24, 2.45) is 5.10 Å². The zero-order valence-electron chi connectivity index (χ0n) is 22.1. The molecule has 1 aromatic heterocycles. The number of halogens is 2. The number of aromatic nitrogens is 1. The van der Waals surface area contributed by atoms with Gasteiger partial charge in [-0.1, -0.05) is 23.7 Å².